The van der Waals surface area contributed by atoms with Crippen molar-refractivity contribution in [1.82, 2.24) is 0 Å². The van der Waals surface area contributed by atoms with Crippen molar-refractivity contribution in [2.45, 2.75) is 0 Å². The first-order valence-electron chi connectivity index (χ1n) is 6.59. The standard InChI is InChI=1S/C18H16O3/c19-17-11-8-16(9-12-17)7-4-14-21-18(20)13-10-15-5-2-1-3-6-15/h1-13,19H,14H2/b7-4+,13-10?. The van der Waals surface area contributed by atoms with Crippen molar-refractivity contribution in [3.63, 3.8) is 0 Å². The molecular formula is C18H16O3. The van der Waals surface area contributed by atoms with Crippen LogP contribution in [0.1, 0.15) is 11.1 Å². The minimum absolute atomic E-state index is 0.207. The molecule has 2 rings (SSSR count). The van der Waals surface area contributed by atoms with E-state index >= 15 is 0 Å². The van der Waals surface area contributed by atoms with Crippen molar-refractivity contribution in [1.29, 1.82) is 0 Å². The summed E-state index contributed by atoms with van der Waals surface area (Å²) in [5, 5.41) is 9.15. The highest BCUT2D eigenvalue weighted by molar-refractivity contribution is 5.87. The van der Waals surface area contributed by atoms with E-state index in [9.17, 15) is 4.79 Å². The van der Waals surface area contributed by atoms with E-state index in [2.05, 4.69) is 0 Å². The minimum Gasteiger partial charge on any atom is -0.508 e. The molecule has 0 unspecified atom stereocenters. The summed E-state index contributed by atoms with van der Waals surface area (Å²) in [5.74, 6) is -0.154. The van der Waals surface area contributed by atoms with Crippen LogP contribution in [-0.2, 0) is 9.53 Å². The summed E-state index contributed by atoms with van der Waals surface area (Å²) >= 11 is 0. The highest BCUT2D eigenvalue weighted by Gasteiger charge is 1.94. The van der Waals surface area contributed by atoms with Gasteiger partial charge in [-0.05, 0) is 35.4 Å². The van der Waals surface area contributed by atoms with Gasteiger partial charge in [0.1, 0.15) is 12.4 Å². The molecule has 2 aromatic carbocycles. The van der Waals surface area contributed by atoms with E-state index in [0.29, 0.717) is 0 Å². The molecule has 106 valence electrons. The largest absolute Gasteiger partial charge is 0.508 e. The highest BCUT2D eigenvalue weighted by atomic mass is 16.5. The quantitative estimate of drug-likeness (QED) is 0.671. The molecule has 0 aromatic heterocycles. The van der Waals surface area contributed by atoms with Gasteiger partial charge in [0.25, 0.3) is 0 Å². The first kappa shape index (κ1) is 14.6. The molecule has 21 heavy (non-hydrogen) atoms. The highest BCUT2D eigenvalue weighted by Crippen LogP contribution is 2.10. The van der Waals surface area contributed by atoms with E-state index in [1.807, 2.05) is 36.4 Å². The molecule has 0 saturated carbocycles. The molecule has 0 aliphatic carbocycles. The number of esters is 1. The third-order valence-electron chi connectivity index (χ3n) is 2.74. The maximum absolute atomic E-state index is 11.5. The van der Waals surface area contributed by atoms with Crippen LogP contribution in [0, 0.1) is 0 Å². The lowest BCUT2D eigenvalue weighted by atomic mass is 10.2. The summed E-state index contributed by atoms with van der Waals surface area (Å²) in [7, 11) is 0. The van der Waals surface area contributed by atoms with Crippen LogP contribution in [0.15, 0.2) is 66.7 Å². The summed E-state index contributed by atoms with van der Waals surface area (Å²) in [4.78, 5) is 11.5. The van der Waals surface area contributed by atoms with Crippen LogP contribution in [0.2, 0.25) is 0 Å². The van der Waals surface area contributed by atoms with E-state index < -0.39 is 0 Å². The molecule has 0 radical (unpaired) electrons. The predicted octanol–water partition coefficient (Wildman–Crippen LogP) is 3.66. The fourth-order valence-electron chi connectivity index (χ4n) is 1.68. The molecule has 0 aliphatic rings. The van der Waals surface area contributed by atoms with Crippen molar-refractivity contribution in [3.05, 3.63) is 77.9 Å². The number of hydrogen-bond acceptors (Lipinski definition) is 3. The zero-order valence-electron chi connectivity index (χ0n) is 11.5. The topological polar surface area (TPSA) is 46.5 Å². The second-order valence-corrected chi connectivity index (χ2v) is 4.37. The molecule has 0 fully saturated rings. The van der Waals surface area contributed by atoms with Crippen molar-refractivity contribution in [2.75, 3.05) is 6.61 Å². The van der Waals surface area contributed by atoms with Crippen LogP contribution in [0.3, 0.4) is 0 Å². The zero-order chi connectivity index (χ0) is 14.9. The van der Waals surface area contributed by atoms with E-state index in [1.165, 1.54) is 6.08 Å². The van der Waals surface area contributed by atoms with Gasteiger partial charge in [0, 0.05) is 6.08 Å². The molecule has 3 nitrogen and oxygen atoms in total. The first-order chi connectivity index (χ1) is 10.2. The fraction of sp³-hybridized carbons (Fsp3) is 0.0556. The third kappa shape index (κ3) is 5.37. The van der Waals surface area contributed by atoms with Crippen molar-refractivity contribution in [3.8, 4) is 5.75 Å². The van der Waals surface area contributed by atoms with Crippen LogP contribution in [0.25, 0.3) is 12.2 Å². The Labute approximate surface area is 123 Å². The SMILES string of the molecule is O=C(C=Cc1ccccc1)OC/C=C/c1ccc(O)cc1. The van der Waals surface area contributed by atoms with Gasteiger partial charge < -0.3 is 9.84 Å². The molecular weight excluding hydrogens is 264 g/mol. The average molecular weight is 280 g/mol. The van der Waals surface area contributed by atoms with E-state index in [0.717, 1.165) is 11.1 Å². The molecule has 0 saturated heterocycles. The Balaban J connectivity index is 1.76. The van der Waals surface area contributed by atoms with Gasteiger partial charge in [0.2, 0.25) is 0 Å². The van der Waals surface area contributed by atoms with Gasteiger partial charge in [-0.25, -0.2) is 4.79 Å². The molecule has 0 spiro atoms. The smallest absolute Gasteiger partial charge is 0.331 e. The molecule has 0 atom stereocenters. The summed E-state index contributed by atoms with van der Waals surface area (Å²) in [5.41, 5.74) is 1.89. The Bertz CT molecular complexity index is 625. The van der Waals surface area contributed by atoms with E-state index in [4.69, 9.17) is 9.84 Å². The maximum atomic E-state index is 11.5. The van der Waals surface area contributed by atoms with Crippen LogP contribution < -0.4 is 0 Å². The lowest BCUT2D eigenvalue weighted by molar-refractivity contribution is -0.136. The van der Waals surface area contributed by atoms with Gasteiger partial charge in [-0.1, -0.05) is 48.5 Å². The number of rotatable bonds is 5. The number of benzene rings is 2. The number of carbonyl (C=O) groups is 1. The van der Waals surface area contributed by atoms with Gasteiger partial charge in [-0.15, -0.1) is 0 Å². The predicted molar refractivity (Wildman–Crippen MR) is 83.6 cm³/mol. The number of ether oxygens (including phenoxy) is 1. The molecule has 0 amide bonds. The van der Waals surface area contributed by atoms with Crippen LogP contribution in [0.4, 0.5) is 0 Å². The van der Waals surface area contributed by atoms with Crippen molar-refractivity contribution < 1.29 is 14.6 Å². The Hall–Kier alpha value is -2.81. The Morgan fingerprint density at radius 3 is 2.33 bits per heavy atom. The van der Waals surface area contributed by atoms with E-state index in [-0.39, 0.29) is 18.3 Å². The maximum Gasteiger partial charge on any atom is 0.331 e. The van der Waals surface area contributed by atoms with Gasteiger partial charge in [-0.2, -0.15) is 0 Å². The second kappa shape index (κ2) is 7.70. The molecule has 2 aromatic rings. The number of aromatic hydroxyl groups is 1. The van der Waals surface area contributed by atoms with Crippen LogP contribution in [0.5, 0.6) is 5.75 Å². The van der Waals surface area contributed by atoms with Gasteiger partial charge in [-0.3, -0.25) is 0 Å². The molecule has 0 aliphatic heterocycles. The second-order valence-electron chi connectivity index (χ2n) is 4.37. The number of phenolic OH excluding ortho intramolecular Hbond substituents is 1. The normalized spacial score (nSPS) is 11.0. The average Bonchev–Trinajstić information content (AvgIpc) is 2.52. The molecule has 3 heteroatoms. The Kier molecular flexibility index (Phi) is 5.35. The number of carbonyl (C=O) groups excluding carboxylic acids is 1. The minimum atomic E-state index is -0.380. The molecule has 0 bridgehead atoms. The third-order valence-corrected chi connectivity index (χ3v) is 2.74. The van der Waals surface area contributed by atoms with Crippen LogP contribution in [-0.4, -0.2) is 17.7 Å². The lowest BCUT2D eigenvalue weighted by Crippen LogP contribution is -1.99. The number of hydrogen-bond donors (Lipinski definition) is 1. The number of phenols is 1. The molecule has 1 N–H and O–H groups in total. The first-order valence-corrected chi connectivity index (χ1v) is 6.59. The Morgan fingerprint density at radius 2 is 1.62 bits per heavy atom. The Morgan fingerprint density at radius 1 is 0.952 bits per heavy atom. The summed E-state index contributed by atoms with van der Waals surface area (Å²) in [6.45, 7) is 0.207. The van der Waals surface area contributed by atoms with Gasteiger partial charge >= 0.3 is 5.97 Å². The fourth-order valence-corrected chi connectivity index (χ4v) is 1.68. The lowest BCUT2D eigenvalue weighted by Gasteiger charge is -1.97. The summed E-state index contributed by atoms with van der Waals surface area (Å²) < 4.78 is 5.05. The van der Waals surface area contributed by atoms with E-state index in [1.54, 1.807) is 36.4 Å². The van der Waals surface area contributed by atoms with Gasteiger partial charge in [0.05, 0.1) is 0 Å². The summed E-state index contributed by atoms with van der Waals surface area (Å²) in [6.07, 6.45) is 6.70. The van der Waals surface area contributed by atoms with Crippen molar-refractivity contribution >= 4 is 18.1 Å². The van der Waals surface area contributed by atoms with Crippen molar-refractivity contribution in [2.24, 2.45) is 0 Å². The summed E-state index contributed by atoms with van der Waals surface area (Å²) in [6, 6.07) is 16.3. The molecule has 0 heterocycles. The van der Waals surface area contributed by atoms with Crippen LogP contribution >= 0.6 is 0 Å². The monoisotopic (exact) mass is 280 g/mol. The zero-order valence-corrected chi connectivity index (χ0v) is 11.5. The van der Waals surface area contributed by atoms with Gasteiger partial charge in [0.15, 0.2) is 0 Å².